The molecular formula is C21H37N3O3. The first-order valence-electron chi connectivity index (χ1n) is 10.6. The van der Waals surface area contributed by atoms with Crippen molar-refractivity contribution in [3.8, 4) is 0 Å². The first-order valence-corrected chi connectivity index (χ1v) is 10.6. The molecule has 27 heavy (non-hydrogen) atoms. The maximum Gasteiger partial charge on any atom is 0.217 e. The number of carbonyl (C=O) groups excluding carboxylic acids is 1. The van der Waals surface area contributed by atoms with Crippen LogP contribution >= 0.6 is 0 Å². The Bertz CT molecular complexity index is 565. The Labute approximate surface area is 163 Å². The number of carbonyl (C=O) groups is 1. The molecule has 1 aliphatic carbocycles. The molecule has 1 amide bonds. The van der Waals surface area contributed by atoms with Crippen molar-refractivity contribution < 1.29 is 15.0 Å². The highest BCUT2D eigenvalue weighted by Crippen LogP contribution is 2.36. The van der Waals surface area contributed by atoms with Crippen LogP contribution in [0.15, 0.2) is 6.20 Å². The van der Waals surface area contributed by atoms with Gasteiger partial charge >= 0.3 is 0 Å². The maximum atomic E-state index is 11.0. The third-order valence-electron chi connectivity index (χ3n) is 6.24. The fourth-order valence-corrected chi connectivity index (χ4v) is 4.43. The smallest absolute Gasteiger partial charge is 0.217 e. The largest absolute Gasteiger partial charge is 0.390 e. The van der Waals surface area contributed by atoms with Gasteiger partial charge in [-0.25, -0.2) is 4.98 Å². The third kappa shape index (κ3) is 6.32. The monoisotopic (exact) mass is 379 g/mol. The summed E-state index contributed by atoms with van der Waals surface area (Å²) in [5.74, 6) is 0.802. The molecular weight excluding hydrogens is 342 g/mol. The van der Waals surface area contributed by atoms with E-state index in [0.29, 0.717) is 12.3 Å². The second kappa shape index (κ2) is 10.8. The first kappa shape index (κ1) is 21.9. The minimum Gasteiger partial charge on any atom is -0.390 e. The summed E-state index contributed by atoms with van der Waals surface area (Å²) in [6.07, 6.45) is 9.60. The molecule has 0 spiro atoms. The van der Waals surface area contributed by atoms with E-state index in [4.69, 9.17) is 5.73 Å². The van der Waals surface area contributed by atoms with Gasteiger partial charge in [0.25, 0.3) is 0 Å². The van der Waals surface area contributed by atoms with E-state index in [1.807, 2.05) is 0 Å². The number of aliphatic hydroxyl groups excluding tert-OH is 2. The molecule has 3 atom stereocenters. The summed E-state index contributed by atoms with van der Waals surface area (Å²) in [6.45, 7) is 4.10. The number of imidazole rings is 1. The number of nitrogens with zero attached hydrogens (tertiary/aromatic N) is 1. The number of hydrogen-bond acceptors (Lipinski definition) is 4. The number of H-pyrrole nitrogens is 1. The Hall–Kier alpha value is -1.40. The molecule has 1 unspecified atom stereocenters. The topological polar surface area (TPSA) is 112 Å². The number of aromatic nitrogens is 2. The summed E-state index contributed by atoms with van der Waals surface area (Å²) < 4.78 is 0. The van der Waals surface area contributed by atoms with Gasteiger partial charge in [0, 0.05) is 18.5 Å². The molecule has 2 rings (SSSR count). The van der Waals surface area contributed by atoms with E-state index < -0.39 is 12.2 Å². The average Bonchev–Trinajstić information content (AvgIpc) is 3.14. The van der Waals surface area contributed by atoms with E-state index in [2.05, 4.69) is 23.8 Å². The number of aromatic amines is 1. The first-order chi connectivity index (χ1) is 13.0. The van der Waals surface area contributed by atoms with Crippen LogP contribution in [0.4, 0.5) is 0 Å². The van der Waals surface area contributed by atoms with E-state index in [0.717, 1.165) is 30.8 Å². The number of nitrogens with one attached hydrogen (secondary N) is 1. The van der Waals surface area contributed by atoms with E-state index in [9.17, 15) is 15.0 Å². The lowest BCUT2D eigenvalue weighted by molar-refractivity contribution is -0.118. The second-order valence-corrected chi connectivity index (χ2v) is 8.15. The summed E-state index contributed by atoms with van der Waals surface area (Å²) in [5, 5.41) is 21.8. The van der Waals surface area contributed by atoms with Crippen molar-refractivity contribution in [3.63, 3.8) is 0 Å². The molecule has 1 aromatic rings. The molecule has 1 saturated carbocycles. The number of amides is 1. The van der Waals surface area contributed by atoms with E-state index in [1.54, 1.807) is 6.20 Å². The van der Waals surface area contributed by atoms with Crippen molar-refractivity contribution in [1.29, 1.82) is 0 Å². The summed E-state index contributed by atoms with van der Waals surface area (Å²) in [6, 6.07) is 0. The van der Waals surface area contributed by atoms with Crippen LogP contribution in [-0.4, -0.2) is 38.3 Å². The van der Waals surface area contributed by atoms with Gasteiger partial charge in [0.2, 0.25) is 5.91 Å². The maximum absolute atomic E-state index is 11.0. The number of aryl methyl sites for hydroxylation is 1. The SMILES string of the molecule is CCC(CC)C(O)[C@H](O)[C@@H](CC1CCCCC1)c1nc(CCC(N)=O)c[nH]1. The molecule has 1 aromatic heterocycles. The van der Waals surface area contributed by atoms with Gasteiger partial charge in [-0.2, -0.15) is 0 Å². The Kier molecular flexibility index (Phi) is 8.77. The predicted molar refractivity (Wildman–Crippen MR) is 106 cm³/mol. The van der Waals surface area contributed by atoms with Crippen molar-refractivity contribution in [1.82, 2.24) is 9.97 Å². The Morgan fingerprint density at radius 3 is 2.48 bits per heavy atom. The second-order valence-electron chi connectivity index (χ2n) is 8.15. The summed E-state index contributed by atoms with van der Waals surface area (Å²) >= 11 is 0. The molecule has 0 aromatic carbocycles. The van der Waals surface area contributed by atoms with Crippen LogP contribution in [0.25, 0.3) is 0 Å². The highest BCUT2D eigenvalue weighted by atomic mass is 16.3. The van der Waals surface area contributed by atoms with Crippen LogP contribution in [0.2, 0.25) is 0 Å². The normalized spacial score (nSPS) is 19.1. The van der Waals surface area contributed by atoms with Crippen molar-refractivity contribution >= 4 is 5.91 Å². The van der Waals surface area contributed by atoms with Crippen LogP contribution in [0, 0.1) is 11.8 Å². The van der Waals surface area contributed by atoms with Gasteiger partial charge in [-0.15, -0.1) is 0 Å². The molecule has 0 bridgehead atoms. The molecule has 1 heterocycles. The average molecular weight is 380 g/mol. The fraction of sp³-hybridized carbons (Fsp3) is 0.810. The predicted octanol–water partition coefficient (Wildman–Crippen LogP) is 3.04. The van der Waals surface area contributed by atoms with Crippen molar-refractivity contribution in [2.24, 2.45) is 17.6 Å². The van der Waals surface area contributed by atoms with Crippen LogP contribution in [0.1, 0.15) is 89.1 Å². The third-order valence-corrected chi connectivity index (χ3v) is 6.24. The van der Waals surface area contributed by atoms with Gasteiger partial charge in [-0.1, -0.05) is 58.8 Å². The van der Waals surface area contributed by atoms with E-state index in [1.165, 1.54) is 32.1 Å². The number of primary amides is 1. The van der Waals surface area contributed by atoms with Crippen LogP contribution < -0.4 is 5.73 Å². The minimum absolute atomic E-state index is 0.0816. The molecule has 0 radical (unpaired) electrons. The molecule has 1 fully saturated rings. The van der Waals surface area contributed by atoms with Gasteiger partial charge < -0.3 is 20.9 Å². The highest BCUT2D eigenvalue weighted by molar-refractivity contribution is 5.73. The zero-order chi connectivity index (χ0) is 19.8. The van der Waals surface area contributed by atoms with Gasteiger partial charge in [0.1, 0.15) is 5.82 Å². The Balaban J connectivity index is 2.16. The molecule has 6 heteroatoms. The van der Waals surface area contributed by atoms with E-state index >= 15 is 0 Å². The number of hydrogen-bond donors (Lipinski definition) is 4. The molecule has 0 saturated heterocycles. The fourth-order valence-electron chi connectivity index (χ4n) is 4.43. The lowest BCUT2D eigenvalue weighted by Crippen LogP contribution is -2.38. The quantitative estimate of drug-likeness (QED) is 0.473. The van der Waals surface area contributed by atoms with Gasteiger partial charge in [0.15, 0.2) is 0 Å². The Morgan fingerprint density at radius 2 is 1.89 bits per heavy atom. The molecule has 154 valence electrons. The summed E-state index contributed by atoms with van der Waals surface area (Å²) in [5.41, 5.74) is 6.01. The standard InChI is InChI=1S/C21H37N3O3/c1-3-15(4-2)19(26)20(27)17(12-14-8-6-5-7-9-14)21-23-13-16(24-21)10-11-18(22)25/h13-15,17,19-20,26-27H,3-12H2,1-2H3,(H2,22,25)(H,23,24)/t17-,19?,20-/m1/s1. The van der Waals surface area contributed by atoms with Gasteiger partial charge in [0.05, 0.1) is 17.9 Å². The zero-order valence-corrected chi connectivity index (χ0v) is 16.9. The lowest BCUT2D eigenvalue weighted by Gasteiger charge is -2.33. The number of rotatable bonds is 11. The van der Waals surface area contributed by atoms with Crippen LogP contribution in [0.3, 0.4) is 0 Å². The molecule has 6 nitrogen and oxygen atoms in total. The highest BCUT2D eigenvalue weighted by Gasteiger charge is 2.35. The Morgan fingerprint density at radius 1 is 1.22 bits per heavy atom. The summed E-state index contributed by atoms with van der Waals surface area (Å²) in [7, 11) is 0. The van der Waals surface area contributed by atoms with Crippen LogP contribution in [0.5, 0.6) is 0 Å². The van der Waals surface area contributed by atoms with Crippen LogP contribution in [-0.2, 0) is 11.2 Å². The number of aliphatic hydroxyl groups is 2. The zero-order valence-electron chi connectivity index (χ0n) is 16.9. The van der Waals surface area contributed by atoms with Gasteiger partial charge in [-0.05, 0) is 24.7 Å². The lowest BCUT2D eigenvalue weighted by atomic mass is 9.78. The van der Waals surface area contributed by atoms with Crippen molar-refractivity contribution in [2.45, 2.75) is 96.2 Å². The minimum atomic E-state index is -0.841. The molecule has 0 aliphatic heterocycles. The van der Waals surface area contributed by atoms with Crippen molar-refractivity contribution in [3.05, 3.63) is 17.7 Å². The van der Waals surface area contributed by atoms with E-state index in [-0.39, 0.29) is 24.2 Å². The molecule has 5 N–H and O–H groups in total. The summed E-state index contributed by atoms with van der Waals surface area (Å²) in [4.78, 5) is 18.8. The molecule has 1 aliphatic rings. The number of nitrogens with two attached hydrogens (primary N) is 1. The van der Waals surface area contributed by atoms with Crippen molar-refractivity contribution in [2.75, 3.05) is 0 Å². The van der Waals surface area contributed by atoms with Gasteiger partial charge in [-0.3, -0.25) is 4.79 Å².